The van der Waals surface area contributed by atoms with Gasteiger partial charge in [-0.2, -0.15) is 13.2 Å². The van der Waals surface area contributed by atoms with Crippen molar-refractivity contribution in [1.29, 1.82) is 0 Å². The number of nitrogens with one attached hydrogen (secondary N) is 1. The lowest BCUT2D eigenvalue weighted by Crippen LogP contribution is -2.30. The maximum Gasteiger partial charge on any atom is 0.418 e. The minimum Gasteiger partial charge on any atom is -0.379 e. The average Bonchev–Trinajstić information content (AvgIpc) is 2.27. The lowest BCUT2D eigenvalue weighted by molar-refractivity contribution is -0.207. The van der Waals surface area contributed by atoms with E-state index < -0.39 is 12.3 Å². The van der Waals surface area contributed by atoms with Crippen LogP contribution in [0.4, 0.5) is 13.2 Å². The van der Waals surface area contributed by atoms with Gasteiger partial charge in [0.15, 0.2) is 6.10 Å². The van der Waals surface area contributed by atoms with Crippen molar-refractivity contribution in [2.24, 2.45) is 0 Å². The van der Waals surface area contributed by atoms with Gasteiger partial charge in [0.1, 0.15) is 0 Å². The lowest BCUT2D eigenvalue weighted by atomic mass is 9.89. The monoisotopic (exact) mass is 245 g/mol. The number of alkyl halides is 3. The van der Waals surface area contributed by atoms with E-state index >= 15 is 0 Å². The Hall–Kier alpha value is -1.07. The maximum atomic E-state index is 12.5. The van der Waals surface area contributed by atoms with Crippen molar-refractivity contribution in [3.8, 4) is 0 Å². The van der Waals surface area contributed by atoms with E-state index in [4.69, 9.17) is 0 Å². The zero-order valence-electron chi connectivity index (χ0n) is 9.38. The first-order chi connectivity index (χ1) is 7.91. The fourth-order valence-corrected chi connectivity index (χ4v) is 2.27. The number of hydrogen-bond acceptors (Lipinski definition) is 2. The smallest absolute Gasteiger partial charge is 0.379 e. The van der Waals surface area contributed by atoms with Gasteiger partial charge in [-0.25, -0.2) is 0 Å². The highest BCUT2D eigenvalue weighted by atomic mass is 19.4. The standard InChI is InChI=1S/C12H14F3NO/c1-7-8-3-2-4-10(9(8)5-6-16-7)11(17)12(13,14)15/h2-4,7,11,16-17H,5-6H2,1H3/t7-,11+/m0/s1. The van der Waals surface area contributed by atoms with Crippen molar-refractivity contribution < 1.29 is 18.3 Å². The zero-order valence-corrected chi connectivity index (χ0v) is 9.38. The molecule has 17 heavy (non-hydrogen) atoms. The van der Waals surface area contributed by atoms with E-state index in [2.05, 4.69) is 5.32 Å². The fraction of sp³-hybridized carbons (Fsp3) is 0.500. The van der Waals surface area contributed by atoms with Gasteiger partial charge < -0.3 is 10.4 Å². The summed E-state index contributed by atoms with van der Waals surface area (Å²) >= 11 is 0. The van der Waals surface area contributed by atoms with Crippen molar-refractivity contribution in [2.75, 3.05) is 6.54 Å². The number of rotatable bonds is 1. The molecule has 0 radical (unpaired) electrons. The molecule has 2 rings (SSSR count). The molecular weight excluding hydrogens is 231 g/mol. The van der Waals surface area contributed by atoms with Crippen LogP contribution in [0.15, 0.2) is 18.2 Å². The van der Waals surface area contributed by atoms with Crippen LogP contribution in [0.5, 0.6) is 0 Å². The number of aliphatic hydroxyl groups is 1. The Morgan fingerprint density at radius 3 is 2.76 bits per heavy atom. The van der Waals surface area contributed by atoms with Crippen molar-refractivity contribution in [3.05, 3.63) is 34.9 Å². The van der Waals surface area contributed by atoms with Crippen LogP contribution in [0.3, 0.4) is 0 Å². The molecule has 0 aromatic heterocycles. The van der Waals surface area contributed by atoms with Gasteiger partial charge in [0.2, 0.25) is 0 Å². The topological polar surface area (TPSA) is 32.3 Å². The number of fused-ring (bicyclic) bond motifs is 1. The van der Waals surface area contributed by atoms with E-state index in [1.54, 1.807) is 12.1 Å². The van der Waals surface area contributed by atoms with Crippen LogP contribution in [-0.4, -0.2) is 17.8 Å². The van der Waals surface area contributed by atoms with Crippen LogP contribution >= 0.6 is 0 Å². The molecule has 0 saturated carbocycles. The van der Waals surface area contributed by atoms with Gasteiger partial charge in [-0.15, -0.1) is 0 Å². The highest BCUT2D eigenvalue weighted by Gasteiger charge is 2.41. The summed E-state index contributed by atoms with van der Waals surface area (Å²) in [6.45, 7) is 2.54. The quantitative estimate of drug-likeness (QED) is 0.796. The van der Waals surface area contributed by atoms with E-state index in [1.807, 2.05) is 6.92 Å². The molecule has 0 aliphatic carbocycles. The Bertz CT molecular complexity index is 417. The normalized spacial score (nSPS) is 22.1. The van der Waals surface area contributed by atoms with Crippen molar-refractivity contribution in [1.82, 2.24) is 5.32 Å². The van der Waals surface area contributed by atoms with Crippen LogP contribution < -0.4 is 5.32 Å². The van der Waals surface area contributed by atoms with Gasteiger partial charge in [-0.3, -0.25) is 0 Å². The van der Waals surface area contributed by atoms with E-state index in [9.17, 15) is 18.3 Å². The van der Waals surface area contributed by atoms with Gasteiger partial charge in [0, 0.05) is 6.04 Å². The SMILES string of the molecule is C[C@@H]1NCCc2c1cccc2[C@@H](O)C(F)(F)F. The molecule has 0 amide bonds. The molecule has 1 aromatic rings. The first kappa shape index (κ1) is 12.4. The van der Waals surface area contributed by atoms with Gasteiger partial charge in [0.05, 0.1) is 0 Å². The predicted octanol–water partition coefficient (Wildman–Crippen LogP) is 2.49. The summed E-state index contributed by atoms with van der Waals surface area (Å²) in [5.41, 5.74) is 1.46. The van der Waals surface area contributed by atoms with E-state index in [1.165, 1.54) is 6.07 Å². The highest BCUT2D eigenvalue weighted by molar-refractivity contribution is 5.40. The third-order valence-corrected chi connectivity index (χ3v) is 3.15. The maximum absolute atomic E-state index is 12.5. The second-order valence-corrected chi connectivity index (χ2v) is 4.28. The van der Waals surface area contributed by atoms with Crippen molar-refractivity contribution in [3.63, 3.8) is 0 Å². The predicted molar refractivity (Wildman–Crippen MR) is 57.6 cm³/mol. The molecule has 1 aliphatic heterocycles. The summed E-state index contributed by atoms with van der Waals surface area (Å²) in [5, 5.41) is 12.5. The summed E-state index contributed by atoms with van der Waals surface area (Å²) in [4.78, 5) is 0. The third-order valence-electron chi connectivity index (χ3n) is 3.15. The van der Waals surface area contributed by atoms with Gasteiger partial charge in [-0.1, -0.05) is 18.2 Å². The molecule has 2 atom stereocenters. The molecule has 2 N–H and O–H groups in total. The van der Waals surface area contributed by atoms with Crippen molar-refractivity contribution >= 4 is 0 Å². The molecule has 0 bridgehead atoms. The first-order valence-corrected chi connectivity index (χ1v) is 5.51. The summed E-state index contributed by atoms with van der Waals surface area (Å²) < 4.78 is 37.6. The Kier molecular flexibility index (Phi) is 3.14. The summed E-state index contributed by atoms with van der Waals surface area (Å²) in [6, 6.07) is 4.75. The number of hydrogen-bond donors (Lipinski definition) is 2. The molecule has 0 spiro atoms. The molecule has 5 heteroatoms. The van der Waals surface area contributed by atoms with Crippen LogP contribution in [0, 0.1) is 0 Å². The summed E-state index contributed by atoms with van der Waals surface area (Å²) in [7, 11) is 0. The summed E-state index contributed by atoms with van der Waals surface area (Å²) in [5.74, 6) is 0. The van der Waals surface area contributed by atoms with E-state index in [-0.39, 0.29) is 11.6 Å². The molecule has 94 valence electrons. The first-order valence-electron chi connectivity index (χ1n) is 5.51. The van der Waals surface area contributed by atoms with Crippen LogP contribution in [-0.2, 0) is 6.42 Å². The molecule has 0 saturated heterocycles. The van der Waals surface area contributed by atoms with Crippen LogP contribution in [0.1, 0.15) is 35.8 Å². The molecule has 0 unspecified atom stereocenters. The average molecular weight is 245 g/mol. The lowest BCUT2D eigenvalue weighted by Gasteiger charge is -2.28. The second kappa shape index (κ2) is 4.31. The molecular formula is C12H14F3NO. The van der Waals surface area contributed by atoms with Gasteiger partial charge in [-0.05, 0) is 36.6 Å². The number of benzene rings is 1. The van der Waals surface area contributed by atoms with Gasteiger partial charge in [0.25, 0.3) is 0 Å². The van der Waals surface area contributed by atoms with Gasteiger partial charge >= 0.3 is 6.18 Å². The Balaban J connectivity index is 2.46. The van der Waals surface area contributed by atoms with E-state index in [0.717, 1.165) is 5.56 Å². The zero-order chi connectivity index (χ0) is 12.6. The Morgan fingerprint density at radius 1 is 1.41 bits per heavy atom. The third kappa shape index (κ3) is 2.30. The fourth-order valence-electron chi connectivity index (χ4n) is 2.27. The number of halogens is 3. The number of aliphatic hydroxyl groups excluding tert-OH is 1. The largest absolute Gasteiger partial charge is 0.418 e. The molecule has 0 fully saturated rings. The van der Waals surface area contributed by atoms with Crippen LogP contribution in [0.2, 0.25) is 0 Å². The molecule has 1 aliphatic rings. The Labute approximate surface area is 97.5 Å². The summed E-state index contributed by atoms with van der Waals surface area (Å²) in [6.07, 6.45) is -6.48. The minimum absolute atomic E-state index is 0.0108. The molecule has 2 nitrogen and oxygen atoms in total. The van der Waals surface area contributed by atoms with Crippen LogP contribution in [0.25, 0.3) is 0 Å². The minimum atomic E-state index is -4.61. The molecule has 1 aromatic carbocycles. The van der Waals surface area contributed by atoms with E-state index in [0.29, 0.717) is 18.5 Å². The molecule has 1 heterocycles. The Morgan fingerprint density at radius 2 is 2.12 bits per heavy atom. The van der Waals surface area contributed by atoms with Crippen molar-refractivity contribution in [2.45, 2.75) is 31.7 Å². The highest BCUT2D eigenvalue weighted by Crippen LogP contribution is 2.37. The second-order valence-electron chi connectivity index (χ2n) is 4.28.